The molecule has 0 aliphatic rings. The predicted octanol–water partition coefficient (Wildman–Crippen LogP) is 3.00. The average Bonchev–Trinajstić information content (AvgIpc) is 3.07. The van der Waals surface area contributed by atoms with Crippen molar-refractivity contribution in [2.24, 2.45) is 5.92 Å². The molecule has 0 bridgehead atoms. The normalized spacial score (nSPS) is 13.0. The molecule has 21 heavy (non-hydrogen) atoms. The van der Waals surface area contributed by atoms with Crippen LogP contribution in [-0.2, 0) is 19.6 Å². The van der Waals surface area contributed by atoms with Crippen molar-refractivity contribution in [1.29, 1.82) is 0 Å². The SMILES string of the molecule is CC[C@H](C)n1nccc1CNCc1cnn(CC(C)C)c1. The second-order valence-electron chi connectivity index (χ2n) is 6.09. The van der Waals surface area contributed by atoms with Gasteiger partial charge in [0.15, 0.2) is 0 Å². The third-order valence-corrected chi connectivity index (χ3v) is 3.63. The first-order valence-electron chi connectivity index (χ1n) is 7.84. The second kappa shape index (κ2) is 7.41. The van der Waals surface area contributed by atoms with E-state index in [1.54, 1.807) is 0 Å². The highest BCUT2D eigenvalue weighted by Gasteiger charge is 2.08. The van der Waals surface area contributed by atoms with Crippen LogP contribution in [0.25, 0.3) is 0 Å². The monoisotopic (exact) mass is 289 g/mol. The summed E-state index contributed by atoms with van der Waals surface area (Å²) >= 11 is 0. The molecule has 0 unspecified atom stereocenters. The molecule has 2 aromatic heterocycles. The molecule has 0 fully saturated rings. The molecule has 5 nitrogen and oxygen atoms in total. The number of aromatic nitrogens is 4. The zero-order valence-electron chi connectivity index (χ0n) is 13.6. The topological polar surface area (TPSA) is 47.7 Å². The average molecular weight is 289 g/mol. The maximum atomic E-state index is 4.41. The molecule has 1 N–H and O–H groups in total. The van der Waals surface area contributed by atoms with E-state index >= 15 is 0 Å². The summed E-state index contributed by atoms with van der Waals surface area (Å²) in [5.41, 5.74) is 2.46. The Hall–Kier alpha value is -1.62. The van der Waals surface area contributed by atoms with Gasteiger partial charge in [0.2, 0.25) is 0 Å². The fourth-order valence-corrected chi connectivity index (χ4v) is 2.36. The van der Waals surface area contributed by atoms with E-state index in [9.17, 15) is 0 Å². The van der Waals surface area contributed by atoms with Crippen LogP contribution in [0.15, 0.2) is 24.7 Å². The van der Waals surface area contributed by atoms with Gasteiger partial charge in [0.05, 0.1) is 11.9 Å². The van der Waals surface area contributed by atoms with Crippen molar-refractivity contribution in [1.82, 2.24) is 24.9 Å². The van der Waals surface area contributed by atoms with Crippen molar-refractivity contribution in [3.05, 3.63) is 35.9 Å². The number of nitrogens with zero attached hydrogens (tertiary/aromatic N) is 4. The number of hydrogen-bond acceptors (Lipinski definition) is 3. The van der Waals surface area contributed by atoms with Gasteiger partial charge in [-0.05, 0) is 25.3 Å². The summed E-state index contributed by atoms with van der Waals surface area (Å²) in [6.45, 7) is 11.4. The summed E-state index contributed by atoms with van der Waals surface area (Å²) < 4.78 is 4.13. The molecule has 2 heterocycles. The van der Waals surface area contributed by atoms with Crippen molar-refractivity contribution >= 4 is 0 Å². The second-order valence-corrected chi connectivity index (χ2v) is 6.09. The fourth-order valence-electron chi connectivity index (χ4n) is 2.36. The molecule has 0 amide bonds. The predicted molar refractivity (Wildman–Crippen MR) is 84.8 cm³/mol. The largest absolute Gasteiger partial charge is 0.307 e. The Kier molecular flexibility index (Phi) is 5.56. The first-order chi connectivity index (χ1) is 10.1. The standard InChI is InChI=1S/C16H27N5/c1-5-14(4)21-16(6-7-18-21)10-17-8-15-9-19-20(12-15)11-13(2)3/h6-7,9,12-14,17H,5,8,10-11H2,1-4H3/t14-/m0/s1. The Morgan fingerprint density at radius 2 is 2.00 bits per heavy atom. The summed E-state index contributed by atoms with van der Waals surface area (Å²) in [5.74, 6) is 0.621. The molecule has 5 heteroatoms. The number of nitrogens with one attached hydrogen (secondary N) is 1. The van der Waals surface area contributed by atoms with E-state index in [1.807, 2.05) is 17.1 Å². The molecule has 0 saturated carbocycles. The molecule has 0 aromatic carbocycles. The Morgan fingerprint density at radius 1 is 1.19 bits per heavy atom. The number of rotatable bonds is 8. The van der Waals surface area contributed by atoms with Gasteiger partial charge in [-0.2, -0.15) is 10.2 Å². The van der Waals surface area contributed by atoms with Crippen LogP contribution in [0, 0.1) is 5.92 Å². The lowest BCUT2D eigenvalue weighted by atomic mass is 10.2. The van der Waals surface area contributed by atoms with E-state index in [4.69, 9.17) is 0 Å². The zero-order valence-corrected chi connectivity index (χ0v) is 13.6. The molecule has 2 rings (SSSR count). The lowest BCUT2D eigenvalue weighted by Gasteiger charge is -2.14. The Labute approximate surface area is 127 Å². The van der Waals surface area contributed by atoms with Crippen LogP contribution in [-0.4, -0.2) is 19.6 Å². The van der Waals surface area contributed by atoms with Crippen LogP contribution in [0.5, 0.6) is 0 Å². The fraction of sp³-hybridized carbons (Fsp3) is 0.625. The van der Waals surface area contributed by atoms with Gasteiger partial charge < -0.3 is 5.32 Å². The Morgan fingerprint density at radius 3 is 2.71 bits per heavy atom. The van der Waals surface area contributed by atoms with E-state index in [0.29, 0.717) is 12.0 Å². The first-order valence-corrected chi connectivity index (χ1v) is 7.84. The minimum absolute atomic E-state index is 0.450. The van der Waals surface area contributed by atoms with Crippen molar-refractivity contribution in [2.75, 3.05) is 0 Å². The van der Waals surface area contributed by atoms with Gasteiger partial charge in [-0.3, -0.25) is 9.36 Å². The highest BCUT2D eigenvalue weighted by atomic mass is 15.3. The van der Waals surface area contributed by atoms with Crippen LogP contribution < -0.4 is 5.32 Å². The summed E-state index contributed by atoms with van der Waals surface area (Å²) in [6, 6.07) is 2.53. The van der Waals surface area contributed by atoms with Crippen molar-refractivity contribution < 1.29 is 0 Å². The molecule has 1 atom stereocenters. The molecule has 116 valence electrons. The summed E-state index contributed by atoms with van der Waals surface area (Å²) in [5, 5.41) is 12.3. The van der Waals surface area contributed by atoms with E-state index in [2.05, 4.69) is 60.2 Å². The summed E-state index contributed by atoms with van der Waals surface area (Å²) in [4.78, 5) is 0. The van der Waals surface area contributed by atoms with Crippen molar-refractivity contribution in [3.8, 4) is 0 Å². The van der Waals surface area contributed by atoms with E-state index < -0.39 is 0 Å². The summed E-state index contributed by atoms with van der Waals surface area (Å²) in [6.07, 6.45) is 7.04. The maximum absolute atomic E-state index is 4.41. The molecular formula is C16H27N5. The van der Waals surface area contributed by atoms with E-state index in [-0.39, 0.29) is 0 Å². The zero-order chi connectivity index (χ0) is 15.2. The molecule has 0 saturated heterocycles. The molecule has 0 radical (unpaired) electrons. The molecule has 0 aliphatic carbocycles. The van der Waals surface area contributed by atoms with Crippen molar-refractivity contribution in [2.45, 2.75) is 59.8 Å². The Balaban J connectivity index is 1.84. The molecule has 0 spiro atoms. The van der Waals surface area contributed by atoms with Gasteiger partial charge >= 0.3 is 0 Å². The van der Waals surface area contributed by atoms with E-state index in [0.717, 1.165) is 26.1 Å². The van der Waals surface area contributed by atoms with Gasteiger partial charge in [-0.15, -0.1) is 0 Å². The number of hydrogen-bond donors (Lipinski definition) is 1. The first kappa shape index (κ1) is 15.8. The minimum Gasteiger partial charge on any atom is -0.307 e. The van der Waals surface area contributed by atoms with Gasteiger partial charge in [-0.25, -0.2) is 0 Å². The smallest absolute Gasteiger partial charge is 0.0534 e. The van der Waals surface area contributed by atoms with Crippen LogP contribution >= 0.6 is 0 Å². The van der Waals surface area contributed by atoms with Gasteiger partial charge in [0.25, 0.3) is 0 Å². The highest BCUT2D eigenvalue weighted by molar-refractivity contribution is 5.05. The van der Waals surface area contributed by atoms with Crippen molar-refractivity contribution in [3.63, 3.8) is 0 Å². The molecular weight excluding hydrogens is 262 g/mol. The maximum Gasteiger partial charge on any atom is 0.0534 e. The molecule has 0 aliphatic heterocycles. The van der Waals surface area contributed by atoms with Gasteiger partial charge in [0, 0.05) is 43.6 Å². The van der Waals surface area contributed by atoms with Gasteiger partial charge in [-0.1, -0.05) is 20.8 Å². The van der Waals surface area contributed by atoms with Crippen LogP contribution in [0.3, 0.4) is 0 Å². The van der Waals surface area contributed by atoms with E-state index in [1.165, 1.54) is 11.3 Å². The lowest BCUT2D eigenvalue weighted by Crippen LogP contribution is -2.18. The highest BCUT2D eigenvalue weighted by Crippen LogP contribution is 2.12. The lowest BCUT2D eigenvalue weighted by molar-refractivity contribution is 0.451. The van der Waals surface area contributed by atoms with Crippen LogP contribution in [0.1, 0.15) is 51.4 Å². The quantitative estimate of drug-likeness (QED) is 0.812. The molecule has 2 aromatic rings. The van der Waals surface area contributed by atoms with Crippen LogP contribution in [0.2, 0.25) is 0 Å². The third-order valence-electron chi connectivity index (χ3n) is 3.63. The van der Waals surface area contributed by atoms with Gasteiger partial charge in [0.1, 0.15) is 0 Å². The Bertz CT molecular complexity index is 540. The third kappa shape index (κ3) is 4.43. The minimum atomic E-state index is 0.450. The van der Waals surface area contributed by atoms with Crippen LogP contribution in [0.4, 0.5) is 0 Å². The summed E-state index contributed by atoms with van der Waals surface area (Å²) in [7, 11) is 0.